The summed E-state index contributed by atoms with van der Waals surface area (Å²) >= 11 is 7.82. The average Bonchev–Trinajstić information content (AvgIpc) is 3.26. The molecule has 0 aliphatic carbocycles. The van der Waals surface area contributed by atoms with E-state index >= 15 is 0 Å². The molecular weight excluding hydrogens is 412 g/mol. The minimum atomic E-state index is -0.519. The van der Waals surface area contributed by atoms with Gasteiger partial charge in [0.05, 0.1) is 12.8 Å². The normalized spacial score (nSPS) is 11.7. The number of nitrogens with one attached hydrogen (secondary N) is 2. The average molecular weight is 433 g/mol. The Bertz CT molecular complexity index is 954. The molecule has 8 nitrogen and oxygen atoms in total. The zero-order valence-corrected chi connectivity index (χ0v) is 17.6. The molecule has 2 heterocycles. The lowest BCUT2D eigenvalue weighted by Gasteiger charge is -2.20. The molecule has 2 N–H and O–H groups in total. The number of imidazole rings is 1. The first kappa shape index (κ1) is 20.9. The second kappa shape index (κ2) is 10.1. The Hall–Kier alpha value is -2.78. The van der Waals surface area contributed by atoms with Crippen LogP contribution in [0.5, 0.6) is 5.75 Å². The van der Waals surface area contributed by atoms with Gasteiger partial charge >= 0.3 is 0 Å². The van der Waals surface area contributed by atoms with Gasteiger partial charge in [-0.25, -0.2) is 9.97 Å². The summed E-state index contributed by atoms with van der Waals surface area (Å²) < 4.78 is 6.95. The molecule has 1 unspecified atom stereocenters. The van der Waals surface area contributed by atoms with Crippen molar-refractivity contribution in [3.63, 3.8) is 0 Å². The third kappa shape index (κ3) is 5.61. The highest BCUT2D eigenvalue weighted by molar-refractivity contribution is 7.98. The second-order valence-electron chi connectivity index (χ2n) is 6.01. The smallest absolute Gasteiger partial charge is 0.247 e. The molecule has 3 rings (SSSR count). The number of aromatic nitrogens is 4. The maximum absolute atomic E-state index is 13.0. The first-order chi connectivity index (χ1) is 14.1. The summed E-state index contributed by atoms with van der Waals surface area (Å²) in [5.41, 5.74) is 0.607. The van der Waals surface area contributed by atoms with E-state index < -0.39 is 6.04 Å². The Labute approximate surface area is 178 Å². The lowest BCUT2D eigenvalue weighted by Crippen LogP contribution is -2.35. The molecule has 0 radical (unpaired) electrons. The molecule has 0 aliphatic heterocycles. The summed E-state index contributed by atoms with van der Waals surface area (Å²) in [6, 6.07) is 8.34. The Morgan fingerprint density at radius 2 is 2.17 bits per heavy atom. The molecule has 29 heavy (non-hydrogen) atoms. The topological polar surface area (TPSA) is 94.0 Å². The van der Waals surface area contributed by atoms with Gasteiger partial charge in [-0.2, -0.15) is 16.7 Å². The molecule has 0 aliphatic rings. The van der Waals surface area contributed by atoms with Crippen molar-refractivity contribution in [3.8, 4) is 11.7 Å². The van der Waals surface area contributed by atoms with Crippen molar-refractivity contribution in [2.75, 3.05) is 29.8 Å². The van der Waals surface area contributed by atoms with Crippen molar-refractivity contribution in [2.24, 2.45) is 0 Å². The van der Waals surface area contributed by atoms with Crippen LogP contribution in [0.1, 0.15) is 6.42 Å². The van der Waals surface area contributed by atoms with E-state index in [1.165, 1.54) is 0 Å². The zero-order valence-electron chi connectivity index (χ0n) is 16.0. The van der Waals surface area contributed by atoms with E-state index in [4.69, 9.17) is 16.3 Å². The van der Waals surface area contributed by atoms with E-state index in [0.29, 0.717) is 29.6 Å². The molecular formula is C19H21ClN6O2S. The van der Waals surface area contributed by atoms with Gasteiger partial charge < -0.3 is 15.4 Å². The van der Waals surface area contributed by atoms with Crippen LogP contribution in [-0.4, -0.2) is 50.6 Å². The van der Waals surface area contributed by atoms with Crippen LogP contribution >= 0.6 is 23.4 Å². The summed E-state index contributed by atoms with van der Waals surface area (Å²) in [6.07, 6.45) is 7.52. The minimum Gasteiger partial charge on any atom is -0.495 e. The number of carbonyl (C=O) groups is 1. The third-order valence-electron chi connectivity index (χ3n) is 4.03. The first-order valence-electron chi connectivity index (χ1n) is 8.83. The molecule has 1 atom stereocenters. The lowest BCUT2D eigenvalue weighted by atomic mass is 10.2. The number of hydrogen-bond donors (Lipinski definition) is 2. The van der Waals surface area contributed by atoms with E-state index in [2.05, 4.69) is 25.6 Å². The molecule has 0 saturated carbocycles. The summed E-state index contributed by atoms with van der Waals surface area (Å²) in [5.74, 6) is 2.02. The summed E-state index contributed by atoms with van der Waals surface area (Å²) in [4.78, 5) is 25.6. The Morgan fingerprint density at radius 3 is 2.90 bits per heavy atom. The molecule has 0 bridgehead atoms. The minimum absolute atomic E-state index is 0.192. The van der Waals surface area contributed by atoms with Crippen LogP contribution in [0, 0.1) is 0 Å². The van der Waals surface area contributed by atoms with Crippen LogP contribution in [0.25, 0.3) is 5.95 Å². The third-order valence-corrected chi connectivity index (χ3v) is 4.87. The van der Waals surface area contributed by atoms with Crippen molar-refractivity contribution in [2.45, 2.75) is 12.5 Å². The number of ether oxygens (including phenoxy) is 1. The van der Waals surface area contributed by atoms with E-state index in [-0.39, 0.29) is 11.1 Å². The van der Waals surface area contributed by atoms with Crippen molar-refractivity contribution in [1.82, 2.24) is 19.5 Å². The highest BCUT2D eigenvalue weighted by Gasteiger charge is 2.20. The Kier molecular flexibility index (Phi) is 7.31. The van der Waals surface area contributed by atoms with Crippen LogP contribution < -0.4 is 15.4 Å². The number of amides is 1. The number of methoxy groups -OCH3 is 1. The van der Waals surface area contributed by atoms with Crippen molar-refractivity contribution < 1.29 is 9.53 Å². The monoisotopic (exact) mass is 432 g/mol. The maximum Gasteiger partial charge on any atom is 0.247 e. The number of para-hydroxylation sites is 2. The second-order valence-corrected chi connectivity index (χ2v) is 7.39. The Balaban J connectivity index is 1.81. The van der Waals surface area contributed by atoms with Gasteiger partial charge in [-0.05, 0) is 30.6 Å². The van der Waals surface area contributed by atoms with Crippen LogP contribution in [0.15, 0.2) is 49.1 Å². The highest BCUT2D eigenvalue weighted by atomic mass is 35.5. The lowest BCUT2D eigenvalue weighted by molar-refractivity contribution is -0.117. The van der Waals surface area contributed by atoms with Crippen molar-refractivity contribution in [1.29, 1.82) is 0 Å². The largest absolute Gasteiger partial charge is 0.495 e. The van der Waals surface area contributed by atoms with E-state index in [1.807, 2.05) is 18.4 Å². The summed E-state index contributed by atoms with van der Waals surface area (Å²) in [5, 5.41) is 6.36. The van der Waals surface area contributed by atoms with Gasteiger partial charge in [0.2, 0.25) is 11.9 Å². The molecule has 0 spiro atoms. The van der Waals surface area contributed by atoms with Crippen LogP contribution in [0.3, 0.4) is 0 Å². The number of anilines is 2. The van der Waals surface area contributed by atoms with Gasteiger partial charge in [0.25, 0.3) is 0 Å². The number of thioether (sulfide) groups is 1. The zero-order chi connectivity index (χ0) is 20.6. The molecule has 1 amide bonds. The summed E-state index contributed by atoms with van der Waals surface area (Å²) in [6.45, 7) is 0. The molecule has 3 aromatic rings. The number of halogens is 1. The van der Waals surface area contributed by atoms with Gasteiger partial charge in [-0.3, -0.25) is 9.36 Å². The molecule has 0 fully saturated rings. The van der Waals surface area contributed by atoms with Crippen molar-refractivity contribution in [3.05, 3.63) is 54.2 Å². The van der Waals surface area contributed by atoms with E-state index in [1.54, 1.807) is 60.4 Å². The first-order valence-corrected chi connectivity index (χ1v) is 10.6. The van der Waals surface area contributed by atoms with Gasteiger partial charge in [-0.15, -0.1) is 0 Å². The van der Waals surface area contributed by atoms with Crippen LogP contribution in [-0.2, 0) is 4.79 Å². The molecule has 0 saturated heterocycles. The fourth-order valence-electron chi connectivity index (χ4n) is 2.62. The van der Waals surface area contributed by atoms with E-state index in [9.17, 15) is 4.79 Å². The standard InChI is InChI=1S/C19H21ClN6O2S/c1-28-15-6-4-3-5-13(15)23-18(27)14(7-10-29-2)22-17-11-16(20)24-19(25-17)26-9-8-21-12-26/h3-6,8-9,11-12,14H,7,10H2,1-2H3,(H,23,27)(H,22,24,25). The van der Waals surface area contributed by atoms with Gasteiger partial charge in [0.15, 0.2) is 0 Å². The molecule has 1 aromatic carbocycles. The molecule has 152 valence electrons. The fraction of sp³-hybridized carbons (Fsp3) is 0.263. The molecule has 10 heteroatoms. The van der Waals surface area contributed by atoms with Gasteiger partial charge in [-0.1, -0.05) is 23.7 Å². The number of hydrogen-bond acceptors (Lipinski definition) is 7. The predicted molar refractivity (Wildman–Crippen MR) is 116 cm³/mol. The van der Waals surface area contributed by atoms with Crippen molar-refractivity contribution >= 4 is 40.8 Å². The molecule has 2 aromatic heterocycles. The highest BCUT2D eigenvalue weighted by Crippen LogP contribution is 2.24. The number of carbonyl (C=O) groups excluding carboxylic acids is 1. The number of rotatable bonds is 9. The summed E-state index contributed by atoms with van der Waals surface area (Å²) in [7, 11) is 1.56. The quantitative estimate of drug-likeness (QED) is 0.500. The maximum atomic E-state index is 13.0. The SMILES string of the molecule is COc1ccccc1NC(=O)C(CCSC)Nc1cc(Cl)nc(-n2ccnc2)n1. The predicted octanol–water partition coefficient (Wildman–Crippen LogP) is 3.50. The van der Waals surface area contributed by atoms with Crippen LogP contribution in [0.2, 0.25) is 5.15 Å². The number of nitrogens with zero attached hydrogens (tertiary/aromatic N) is 4. The van der Waals surface area contributed by atoms with Gasteiger partial charge in [0.1, 0.15) is 29.1 Å². The Morgan fingerprint density at radius 1 is 1.34 bits per heavy atom. The number of benzene rings is 1. The fourth-order valence-corrected chi connectivity index (χ4v) is 3.27. The van der Waals surface area contributed by atoms with Gasteiger partial charge in [0, 0.05) is 18.5 Å². The van der Waals surface area contributed by atoms with Crippen LogP contribution in [0.4, 0.5) is 11.5 Å². The van der Waals surface area contributed by atoms with E-state index in [0.717, 1.165) is 5.75 Å².